The average molecular weight is 1700 g/mol. The molecular weight excluding hydrogens is 1530 g/mol. The first-order valence-corrected chi connectivity index (χ1v) is 50.4. The fraction of sp³-hybridized carbons (Fsp3) is 0.693. The monoisotopic (exact) mass is 1700 g/mol. The van der Waals surface area contributed by atoms with Gasteiger partial charge in [0, 0.05) is 19.3 Å². The Kier molecular flexibility index (Phi) is 88.2. The van der Waals surface area contributed by atoms with Gasteiger partial charge in [-0.15, -0.1) is 0 Å². The SMILES string of the molecule is CC/C=C\C/C=C\C/C=C\C/C=C\C/C=C\CCCCCCCCCCCCCCCC(=O)OCC(O)COP(=O)(O)OCC(O)COP(=O)(O)OCC(COC(=O)CCCCCCCCCCCCCCC/C=C\C/C=C\C/C=C\C/C=C\C/C=C\CC)OC(=O)CCCCCCCCCCC/C=C\C/C=C\C/C=C\C/C=C\CCCCC. The summed E-state index contributed by atoms with van der Waals surface area (Å²) in [7, 11) is -9.82. The average Bonchev–Trinajstić information content (AvgIpc) is 0.891. The van der Waals surface area contributed by atoms with E-state index in [0.29, 0.717) is 19.3 Å². The number of carbonyl (C=O) groups excluding carboxylic acids is 3. The Hall–Kier alpha value is -5.09. The number of ether oxygens (including phenoxy) is 3. The van der Waals surface area contributed by atoms with Crippen molar-refractivity contribution in [2.24, 2.45) is 0 Å². The number of phosphoric acid groups is 2. The van der Waals surface area contributed by atoms with Crippen LogP contribution >= 0.6 is 15.6 Å². The maximum Gasteiger partial charge on any atom is 0.472 e. The van der Waals surface area contributed by atoms with Crippen molar-refractivity contribution < 1.29 is 75.8 Å². The zero-order chi connectivity index (χ0) is 86.5. The first kappa shape index (κ1) is 114. The van der Waals surface area contributed by atoms with Crippen molar-refractivity contribution in [3.8, 4) is 0 Å². The van der Waals surface area contributed by atoms with Crippen LogP contribution in [0.1, 0.15) is 393 Å². The summed E-state index contributed by atoms with van der Waals surface area (Å²) in [6, 6.07) is 0. The Morgan fingerprint density at radius 1 is 0.244 bits per heavy atom. The lowest BCUT2D eigenvalue weighted by molar-refractivity contribution is -0.161. The minimum Gasteiger partial charge on any atom is -0.463 e. The molecule has 0 amide bonds. The van der Waals surface area contributed by atoms with Crippen LogP contribution in [-0.2, 0) is 55.8 Å². The molecule has 0 saturated carbocycles. The Bertz CT molecular complexity index is 2840. The Morgan fingerprint density at radius 2 is 0.445 bits per heavy atom. The second-order valence-corrected chi connectivity index (χ2v) is 34.3. The van der Waals surface area contributed by atoms with Gasteiger partial charge in [0.2, 0.25) is 0 Å². The van der Waals surface area contributed by atoms with E-state index in [1.807, 2.05) is 0 Å². The molecule has 16 nitrogen and oxygen atoms in total. The minimum absolute atomic E-state index is 0.0937. The van der Waals surface area contributed by atoms with E-state index in [1.54, 1.807) is 0 Å². The lowest BCUT2D eigenvalue weighted by Crippen LogP contribution is -2.30. The van der Waals surface area contributed by atoms with E-state index in [-0.39, 0.29) is 19.3 Å². The Labute approximate surface area is 726 Å². The van der Waals surface area contributed by atoms with Crippen molar-refractivity contribution in [1.29, 1.82) is 0 Å². The van der Waals surface area contributed by atoms with Crippen molar-refractivity contribution in [3.05, 3.63) is 170 Å². The Morgan fingerprint density at radius 3 is 0.706 bits per heavy atom. The number of carbonyl (C=O) groups is 3. The third-order valence-electron chi connectivity index (χ3n) is 19.9. The largest absolute Gasteiger partial charge is 0.472 e. The van der Waals surface area contributed by atoms with Crippen LogP contribution in [0.3, 0.4) is 0 Å². The molecular formula is C101H172O16P2. The fourth-order valence-electron chi connectivity index (χ4n) is 12.8. The molecule has 0 aromatic carbocycles. The second kappa shape index (κ2) is 92.1. The van der Waals surface area contributed by atoms with Crippen LogP contribution in [0.25, 0.3) is 0 Å². The molecule has 0 aliphatic heterocycles. The predicted molar refractivity (Wildman–Crippen MR) is 500 cm³/mol. The molecule has 119 heavy (non-hydrogen) atoms. The number of esters is 3. The highest BCUT2D eigenvalue weighted by molar-refractivity contribution is 7.47. The van der Waals surface area contributed by atoms with Gasteiger partial charge < -0.3 is 34.2 Å². The highest BCUT2D eigenvalue weighted by Crippen LogP contribution is 2.45. The summed E-state index contributed by atoms with van der Waals surface area (Å²) in [6.07, 6.45) is 120. The molecule has 0 aliphatic carbocycles. The van der Waals surface area contributed by atoms with E-state index in [1.165, 1.54) is 161 Å². The molecule has 0 radical (unpaired) electrons. The summed E-state index contributed by atoms with van der Waals surface area (Å²) in [5.41, 5.74) is 0. The molecule has 0 spiro atoms. The van der Waals surface area contributed by atoms with E-state index in [2.05, 4.69) is 191 Å². The number of aliphatic hydroxyl groups is 2. The lowest BCUT2D eigenvalue weighted by Gasteiger charge is -2.21. The number of allylic oxidation sites excluding steroid dienone is 28. The van der Waals surface area contributed by atoms with Crippen LogP contribution in [0.4, 0.5) is 0 Å². The van der Waals surface area contributed by atoms with Crippen LogP contribution in [-0.4, -0.2) is 95.9 Å². The molecule has 18 heteroatoms. The molecule has 0 heterocycles. The van der Waals surface area contributed by atoms with Gasteiger partial charge in [-0.3, -0.25) is 32.5 Å². The molecule has 0 fully saturated rings. The summed E-state index contributed by atoms with van der Waals surface area (Å²) >= 11 is 0. The van der Waals surface area contributed by atoms with Gasteiger partial charge in [0.15, 0.2) is 6.10 Å². The zero-order valence-electron chi connectivity index (χ0n) is 75.2. The molecule has 0 aliphatic rings. The zero-order valence-corrected chi connectivity index (χ0v) is 77.0. The van der Waals surface area contributed by atoms with Crippen LogP contribution in [0.2, 0.25) is 0 Å². The molecule has 5 atom stereocenters. The number of aliphatic hydroxyl groups excluding tert-OH is 2. The first-order valence-electron chi connectivity index (χ1n) is 47.4. The normalized spacial score (nSPS) is 14.5. The summed E-state index contributed by atoms with van der Waals surface area (Å²) in [6.45, 7) is 2.47. The topological polar surface area (TPSA) is 231 Å². The van der Waals surface area contributed by atoms with Gasteiger partial charge in [-0.2, -0.15) is 0 Å². The third kappa shape index (κ3) is 93.5. The van der Waals surface area contributed by atoms with Crippen LogP contribution in [0.5, 0.6) is 0 Å². The van der Waals surface area contributed by atoms with E-state index in [0.717, 1.165) is 173 Å². The molecule has 5 unspecified atom stereocenters. The van der Waals surface area contributed by atoms with Gasteiger partial charge in [0.05, 0.1) is 26.4 Å². The maximum absolute atomic E-state index is 13.1. The third-order valence-corrected chi connectivity index (χ3v) is 21.8. The van der Waals surface area contributed by atoms with Gasteiger partial charge in [0.25, 0.3) is 0 Å². The highest BCUT2D eigenvalue weighted by atomic mass is 31.2. The molecule has 0 aromatic rings. The standard InChI is InChI=1S/C101H172O16P2/c1-4-7-10-13-16-19-22-25-28-31-34-37-40-43-45-47-49-52-54-57-60-63-66-69-72-75-78-81-84-87-99(104)111-90-96(102)91-113-118(107,108)114-92-97(103)93-115-119(109,110)116-95-98(117-101(106)89-86-83-80-77-74-71-68-65-62-59-56-51-42-39-36-33-30-27-24-21-18-15-12-9-6-3)94-112-100(105)88-85-82-79-76-73-70-67-64-61-58-55-53-50-48-46-44-41-38-35-32-29-26-23-20-17-14-11-8-5-2/h7-8,10-11,16-21,25-30,34-39,43-46,51,56,96-98,102-103H,4-6,9,12-15,22-24,31-33,40-42,47-50,52-55,57-95H2,1-3H3,(H,107,108)(H,109,110)/b10-7-,11-8-,19-16-,20-17-,21-18-,28-25-,29-26-,30-27-,37-34-,38-35-,39-36-,45-43-,46-44-,56-51-. The quantitative estimate of drug-likeness (QED) is 0.0146. The van der Waals surface area contributed by atoms with E-state index < -0.39 is 91.5 Å². The van der Waals surface area contributed by atoms with Gasteiger partial charge >= 0.3 is 33.6 Å². The molecule has 0 aromatic heterocycles. The van der Waals surface area contributed by atoms with Crippen LogP contribution in [0.15, 0.2) is 170 Å². The molecule has 0 saturated heterocycles. The maximum atomic E-state index is 13.1. The molecule has 0 rings (SSSR count). The second-order valence-electron chi connectivity index (χ2n) is 31.4. The Balaban J connectivity index is 4.65. The number of unbranched alkanes of at least 4 members (excludes halogenated alkanes) is 38. The smallest absolute Gasteiger partial charge is 0.463 e. The van der Waals surface area contributed by atoms with Gasteiger partial charge in [-0.1, -0.05) is 390 Å². The number of hydrogen-bond donors (Lipinski definition) is 4. The van der Waals surface area contributed by atoms with E-state index in [4.69, 9.17) is 32.3 Å². The van der Waals surface area contributed by atoms with Gasteiger partial charge in [-0.25, -0.2) is 9.13 Å². The van der Waals surface area contributed by atoms with Crippen molar-refractivity contribution in [2.45, 2.75) is 411 Å². The number of hydrogen-bond acceptors (Lipinski definition) is 14. The first-order chi connectivity index (χ1) is 58.2. The van der Waals surface area contributed by atoms with Crippen LogP contribution in [0, 0.1) is 0 Å². The number of phosphoric ester groups is 2. The minimum atomic E-state index is -4.95. The van der Waals surface area contributed by atoms with E-state index in [9.17, 15) is 43.5 Å². The van der Waals surface area contributed by atoms with E-state index >= 15 is 0 Å². The van der Waals surface area contributed by atoms with Gasteiger partial charge in [-0.05, 0) is 154 Å². The summed E-state index contributed by atoms with van der Waals surface area (Å²) in [5, 5.41) is 20.8. The fourth-order valence-corrected chi connectivity index (χ4v) is 14.4. The summed E-state index contributed by atoms with van der Waals surface area (Å²) in [5.74, 6) is -1.57. The summed E-state index contributed by atoms with van der Waals surface area (Å²) < 4.78 is 61.6. The highest BCUT2D eigenvalue weighted by Gasteiger charge is 2.30. The predicted octanol–water partition coefficient (Wildman–Crippen LogP) is 29.4. The molecule has 0 bridgehead atoms. The number of rotatable bonds is 89. The van der Waals surface area contributed by atoms with Crippen molar-refractivity contribution in [2.75, 3.05) is 39.6 Å². The van der Waals surface area contributed by atoms with Crippen molar-refractivity contribution in [3.63, 3.8) is 0 Å². The summed E-state index contributed by atoms with van der Waals surface area (Å²) in [4.78, 5) is 59.1. The van der Waals surface area contributed by atoms with Crippen molar-refractivity contribution in [1.82, 2.24) is 0 Å². The van der Waals surface area contributed by atoms with Gasteiger partial charge in [0.1, 0.15) is 25.4 Å². The molecule has 4 N–H and O–H groups in total. The lowest BCUT2D eigenvalue weighted by atomic mass is 10.0. The molecule has 682 valence electrons. The van der Waals surface area contributed by atoms with Crippen molar-refractivity contribution >= 4 is 33.6 Å². The van der Waals surface area contributed by atoms with Crippen LogP contribution < -0.4 is 0 Å².